The molecule has 134 valence electrons. The predicted molar refractivity (Wildman–Crippen MR) is 104 cm³/mol. The SMILES string of the molecule is CN=C(NCc1ccccc1CN1CCOCC1)NCC(C)SC. The third kappa shape index (κ3) is 6.34. The number of hydrogen-bond acceptors (Lipinski definition) is 4. The normalized spacial score (nSPS) is 17.5. The first-order valence-electron chi connectivity index (χ1n) is 8.57. The molecule has 0 amide bonds. The molecule has 0 radical (unpaired) electrons. The molecule has 2 N–H and O–H groups in total. The monoisotopic (exact) mass is 350 g/mol. The van der Waals surface area contributed by atoms with E-state index >= 15 is 0 Å². The van der Waals surface area contributed by atoms with Gasteiger partial charge in [0.25, 0.3) is 0 Å². The Bertz CT molecular complexity index is 517. The van der Waals surface area contributed by atoms with Crippen molar-refractivity contribution in [2.24, 2.45) is 4.99 Å². The minimum Gasteiger partial charge on any atom is -0.379 e. The Morgan fingerprint density at radius 3 is 2.62 bits per heavy atom. The van der Waals surface area contributed by atoms with Crippen LogP contribution < -0.4 is 10.6 Å². The molecule has 1 aliphatic rings. The van der Waals surface area contributed by atoms with E-state index in [2.05, 4.69) is 58.0 Å². The van der Waals surface area contributed by atoms with E-state index in [0.29, 0.717) is 5.25 Å². The fraction of sp³-hybridized carbons (Fsp3) is 0.611. The summed E-state index contributed by atoms with van der Waals surface area (Å²) in [4.78, 5) is 6.77. The quantitative estimate of drug-likeness (QED) is 0.581. The molecule has 0 spiro atoms. The number of guanidine groups is 1. The zero-order chi connectivity index (χ0) is 17.2. The van der Waals surface area contributed by atoms with Gasteiger partial charge in [0.1, 0.15) is 0 Å². The van der Waals surface area contributed by atoms with Gasteiger partial charge < -0.3 is 15.4 Å². The fourth-order valence-electron chi connectivity index (χ4n) is 2.61. The number of aliphatic imine (C=N–C) groups is 1. The molecule has 1 fully saturated rings. The lowest BCUT2D eigenvalue weighted by Gasteiger charge is -2.27. The lowest BCUT2D eigenvalue weighted by atomic mass is 10.1. The number of hydrogen-bond donors (Lipinski definition) is 2. The van der Waals surface area contributed by atoms with Crippen molar-refractivity contribution in [3.8, 4) is 0 Å². The van der Waals surface area contributed by atoms with Crippen molar-refractivity contribution >= 4 is 17.7 Å². The van der Waals surface area contributed by atoms with Gasteiger partial charge in [0, 0.05) is 45.0 Å². The maximum atomic E-state index is 5.44. The van der Waals surface area contributed by atoms with Gasteiger partial charge in [-0.3, -0.25) is 9.89 Å². The van der Waals surface area contributed by atoms with Crippen LogP contribution in [0.15, 0.2) is 29.3 Å². The van der Waals surface area contributed by atoms with Crippen molar-refractivity contribution in [1.29, 1.82) is 0 Å². The molecule has 0 aromatic heterocycles. The third-order valence-corrected chi connectivity index (χ3v) is 5.22. The number of morpholine rings is 1. The van der Waals surface area contributed by atoms with Crippen LogP contribution in [-0.2, 0) is 17.8 Å². The maximum absolute atomic E-state index is 5.44. The standard InChI is InChI=1S/C18H30N4OS/c1-15(24-3)12-20-18(19-2)21-13-16-6-4-5-7-17(16)14-22-8-10-23-11-9-22/h4-7,15H,8-14H2,1-3H3,(H2,19,20,21). The summed E-state index contributed by atoms with van der Waals surface area (Å²) in [7, 11) is 1.82. The lowest BCUT2D eigenvalue weighted by Crippen LogP contribution is -2.40. The Hall–Kier alpha value is -1.24. The highest BCUT2D eigenvalue weighted by Crippen LogP contribution is 2.13. The van der Waals surface area contributed by atoms with Crippen molar-refractivity contribution in [2.45, 2.75) is 25.3 Å². The summed E-state index contributed by atoms with van der Waals surface area (Å²) in [5.74, 6) is 0.858. The number of ether oxygens (including phenoxy) is 1. The van der Waals surface area contributed by atoms with Crippen molar-refractivity contribution in [3.63, 3.8) is 0 Å². The Morgan fingerprint density at radius 1 is 1.25 bits per heavy atom. The number of thioether (sulfide) groups is 1. The van der Waals surface area contributed by atoms with Gasteiger partial charge >= 0.3 is 0 Å². The molecule has 1 unspecified atom stereocenters. The van der Waals surface area contributed by atoms with Gasteiger partial charge in [0.2, 0.25) is 0 Å². The minimum absolute atomic E-state index is 0.567. The summed E-state index contributed by atoms with van der Waals surface area (Å²) >= 11 is 1.85. The zero-order valence-corrected chi connectivity index (χ0v) is 15.9. The first-order valence-corrected chi connectivity index (χ1v) is 9.86. The van der Waals surface area contributed by atoms with Crippen molar-refractivity contribution in [1.82, 2.24) is 15.5 Å². The van der Waals surface area contributed by atoms with Crippen molar-refractivity contribution in [2.75, 3.05) is 46.2 Å². The summed E-state index contributed by atoms with van der Waals surface area (Å²) in [5, 5.41) is 7.38. The first-order chi connectivity index (χ1) is 11.7. The Kier molecular flexibility index (Phi) is 8.42. The van der Waals surface area contributed by atoms with Gasteiger partial charge in [-0.1, -0.05) is 31.2 Å². The molecule has 6 heteroatoms. The summed E-state index contributed by atoms with van der Waals surface area (Å²) < 4.78 is 5.44. The second-order valence-electron chi connectivity index (χ2n) is 6.01. The first kappa shape index (κ1) is 19.1. The average molecular weight is 351 g/mol. The van der Waals surface area contributed by atoms with E-state index < -0.39 is 0 Å². The van der Waals surface area contributed by atoms with Crippen LogP contribution in [-0.4, -0.2) is 62.3 Å². The number of nitrogens with zero attached hydrogens (tertiary/aromatic N) is 2. The van der Waals surface area contributed by atoms with E-state index in [9.17, 15) is 0 Å². The highest BCUT2D eigenvalue weighted by atomic mass is 32.2. The summed E-state index contributed by atoms with van der Waals surface area (Å²) in [6, 6.07) is 8.64. The van der Waals surface area contributed by atoms with Gasteiger partial charge in [0.05, 0.1) is 13.2 Å². The van der Waals surface area contributed by atoms with Crippen LogP contribution in [0.25, 0.3) is 0 Å². The molecule has 0 saturated carbocycles. The highest BCUT2D eigenvalue weighted by molar-refractivity contribution is 7.99. The Balaban J connectivity index is 1.89. The van der Waals surface area contributed by atoms with Crippen LogP contribution in [0.2, 0.25) is 0 Å². The maximum Gasteiger partial charge on any atom is 0.191 e. The van der Waals surface area contributed by atoms with Crippen molar-refractivity contribution < 1.29 is 4.74 Å². The van der Waals surface area contributed by atoms with Gasteiger partial charge in [0.15, 0.2) is 5.96 Å². The van der Waals surface area contributed by atoms with Crippen LogP contribution in [0.1, 0.15) is 18.1 Å². The molecule has 0 aliphatic carbocycles. The molecule has 5 nitrogen and oxygen atoms in total. The molecule has 1 heterocycles. The van der Waals surface area contributed by atoms with Crippen LogP contribution in [0.4, 0.5) is 0 Å². The molecule has 24 heavy (non-hydrogen) atoms. The van der Waals surface area contributed by atoms with Crippen LogP contribution in [0, 0.1) is 0 Å². The average Bonchev–Trinajstić information content (AvgIpc) is 2.63. The molecule has 1 saturated heterocycles. The van der Waals surface area contributed by atoms with E-state index in [4.69, 9.17) is 4.74 Å². The minimum atomic E-state index is 0.567. The second kappa shape index (κ2) is 10.6. The molecule has 1 atom stereocenters. The van der Waals surface area contributed by atoms with E-state index in [-0.39, 0.29) is 0 Å². The van der Waals surface area contributed by atoms with Crippen LogP contribution in [0.3, 0.4) is 0 Å². The van der Waals surface area contributed by atoms with Crippen LogP contribution >= 0.6 is 11.8 Å². The van der Waals surface area contributed by atoms with Gasteiger partial charge in [-0.05, 0) is 17.4 Å². The van der Waals surface area contributed by atoms with E-state index in [0.717, 1.165) is 51.9 Å². The number of benzene rings is 1. The summed E-state index contributed by atoms with van der Waals surface area (Å²) in [6.45, 7) is 8.59. The van der Waals surface area contributed by atoms with Gasteiger partial charge in [-0.15, -0.1) is 0 Å². The molecule has 1 aromatic carbocycles. The second-order valence-corrected chi connectivity index (χ2v) is 7.29. The number of nitrogens with one attached hydrogen (secondary N) is 2. The Morgan fingerprint density at radius 2 is 1.96 bits per heavy atom. The molecular weight excluding hydrogens is 320 g/mol. The fourth-order valence-corrected chi connectivity index (χ4v) is 2.86. The van der Waals surface area contributed by atoms with E-state index in [1.54, 1.807) is 0 Å². The smallest absolute Gasteiger partial charge is 0.191 e. The largest absolute Gasteiger partial charge is 0.379 e. The van der Waals surface area contributed by atoms with E-state index in [1.165, 1.54) is 11.1 Å². The lowest BCUT2D eigenvalue weighted by molar-refractivity contribution is 0.0341. The van der Waals surface area contributed by atoms with Crippen LogP contribution in [0.5, 0.6) is 0 Å². The molecule has 1 aliphatic heterocycles. The highest BCUT2D eigenvalue weighted by Gasteiger charge is 2.12. The predicted octanol–water partition coefficient (Wildman–Crippen LogP) is 1.94. The molecule has 0 bridgehead atoms. The van der Waals surface area contributed by atoms with Crippen molar-refractivity contribution in [3.05, 3.63) is 35.4 Å². The molecule has 1 aromatic rings. The summed E-state index contributed by atoms with van der Waals surface area (Å²) in [6.07, 6.45) is 2.13. The topological polar surface area (TPSA) is 48.9 Å². The zero-order valence-electron chi connectivity index (χ0n) is 15.0. The molecule has 2 rings (SSSR count). The number of rotatable bonds is 7. The summed E-state index contributed by atoms with van der Waals surface area (Å²) in [5.41, 5.74) is 2.70. The third-order valence-electron chi connectivity index (χ3n) is 4.25. The van der Waals surface area contributed by atoms with E-state index in [1.807, 2.05) is 18.8 Å². The molecular formula is C18H30N4OS. The van der Waals surface area contributed by atoms with Gasteiger partial charge in [-0.25, -0.2) is 0 Å². The Labute approximate surface area is 150 Å². The van der Waals surface area contributed by atoms with Gasteiger partial charge in [-0.2, -0.15) is 11.8 Å².